The molecule has 0 saturated carbocycles. The molecule has 0 heterocycles. The molecule has 1 unspecified atom stereocenters. The van der Waals surface area contributed by atoms with E-state index in [0.717, 1.165) is 5.56 Å². The van der Waals surface area contributed by atoms with Crippen LogP contribution < -0.4 is 16.4 Å². The molecule has 5 N–H and O–H groups in total. The van der Waals surface area contributed by atoms with Crippen molar-refractivity contribution in [1.82, 2.24) is 10.6 Å². The summed E-state index contributed by atoms with van der Waals surface area (Å²) in [6.07, 6.45) is -1.27. The van der Waals surface area contributed by atoms with Gasteiger partial charge in [-0.05, 0) is 5.56 Å². The van der Waals surface area contributed by atoms with Crippen LogP contribution in [-0.4, -0.2) is 36.1 Å². The van der Waals surface area contributed by atoms with Crippen molar-refractivity contribution in [2.24, 2.45) is 5.73 Å². The molecule has 1 aromatic carbocycles. The van der Waals surface area contributed by atoms with Gasteiger partial charge in [0.15, 0.2) is 0 Å². The van der Waals surface area contributed by atoms with E-state index in [2.05, 4.69) is 10.6 Å². The normalized spacial score (nSPS) is 11.8. The van der Waals surface area contributed by atoms with E-state index in [9.17, 15) is 9.59 Å². The van der Waals surface area contributed by atoms with Crippen LogP contribution in [0, 0.1) is 0 Å². The molecule has 0 saturated heterocycles. The monoisotopic (exact) mass is 251 g/mol. The first-order chi connectivity index (χ1) is 8.59. The number of nitrogens with one attached hydrogen (secondary N) is 2. The van der Waals surface area contributed by atoms with Gasteiger partial charge >= 0.3 is 0 Å². The van der Waals surface area contributed by atoms with Crippen molar-refractivity contribution < 1.29 is 14.7 Å². The van der Waals surface area contributed by atoms with Gasteiger partial charge in [0.2, 0.25) is 11.8 Å². The molecule has 0 spiro atoms. The van der Waals surface area contributed by atoms with Crippen LogP contribution in [-0.2, 0) is 16.1 Å². The predicted molar refractivity (Wildman–Crippen MR) is 66.4 cm³/mol. The van der Waals surface area contributed by atoms with E-state index in [1.54, 1.807) is 0 Å². The second-order valence-electron chi connectivity index (χ2n) is 3.81. The number of nitrogens with two attached hydrogens (primary N) is 1. The maximum absolute atomic E-state index is 11.4. The molecular weight excluding hydrogens is 234 g/mol. The number of carbonyl (C=O) groups excluding carboxylic acids is 2. The maximum Gasteiger partial charge on any atom is 0.247 e. The third kappa shape index (κ3) is 5.42. The fourth-order valence-electron chi connectivity index (χ4n) is 1.28. The molecule has 0 bridgehead atoms. The van der Waals surface area contributed by atoms with Gasteiger partial charge in [-0.15, -0.1) is 0 Å². The second kappa shape index (κ2) is 7.41. The van der Waals surface area contributed by atoms with Crippen molar-refractivity contribution in [3.8, 4) is 0 Å². The molecule has 1 atom stereocenters. The summed E-state index contributed by atoms with van der Waals surface area (Å²) in [5.74, 6) is -1.03. The summed E-state index contributed by atoms with van der Waals surface area (Å²) in [5, 5.41) is 14.4. The molecule has 98 valence electrons. The molecule has 1 rings (SSSR count). The summed E-state index contributed by atoms with van der Waals surface area (Å²) in [4.78, 5) is 21.9. The van der Waals surface area contributed by atoms with Gasteiger partial charge in [-0.1, -0.05) is 30.3 Å². The maximum atomic E-state index is 11.4. The second-order valence-corrected chi connectivity index (χ2v) is 3.81. The Morgan fingerprint density at radius 1 is 1.28 bits per heavy atom. The Morgan fingerprint density at radius 2 is 1.94 bits per heavy atom. The van der Waals surface area contributed by atoms with Crippen LogP contribution in [0.4, 0.5) is 0 Å². The molecule has 18 heavy (non-hydrogen) atoms. The number of primary amides is 1. The fraction of sp³-hybridized carbons (Fsp3) is 0.333. The Balaban J connectivity index is 2.17. The Hall–Kier alpha value is -1.92. The topological polar surface area (TPSA) is 104 Å². The van der Waals surface area contributed by atoms with Crippen LogP contribution in [0.5, 0.6) is 0 Å². The smallest absolute Gasteiger partial charge is 0.247 e. The Kier molecular flexibility index (Phi) is 5.83. The van der Waals surface area contributed by atoms with Gasteiger partial charge in [0.1, 0.15) is 6.10 Å². The number of hydrogen-bond acceptors (Lipinski definition) is 4. The zero-order chi connectivity index (χ0) is 13.4. The first-order valence-corrected chi connectivity index (χ1v) is 5.58. The summed E-state index contributed by atoms with van der Waals surface area (Å²) in [6, 6.07) is 9.50. The van der Waals surface area contributed by atoms with Gasteiger partial charge in [-0.2, -0.15) is 0 Å². The summed E-state index contributed by atoms with van der Waals surface area (Å²) in [5.41, 5.74) is 5.86. The zero-order valence-corrected chi connectivity index (χ0v) is 9.93. The molecule has 0 aliphatic carbocycles. The minimum Gasteiger partial charge on any atom is -0.382 e. The molecule has 2 amide bonds. The van der Waals surface area contributed by atoms with E-state index in [-0.39, 0.29) is 19.0 Å². The zero-order valence-electron chi connectivity index (χ0n) is 9.93. The Labute approximate surface area is 105 Å². The highest BCUT2D eigenvalue weighted by atomic mass is 16.3. The molecule has 6 nitrogen and oxygen atoms in total. The van der Waals surface area contributed by atoms with Crippen molar-refractivity contribution >= 4 is 11.8 Å². The van der Waals surface area contributed by atoms with E-state index in [1.165, 1.54) is 0 Å². The molecule has 0 radical (unpaired) electrons. The number of hydrogen-bond donors (Lipinski definition) is 4. The lowest BCUT2D eigenvalue weighted by atomic mass is 10.2. The SMILES string of the molecule is NC(=O)C(O)CNCC(=O)NCc1ccccc1. The van der Waals surface area contributed by atoms with Crippen molar-refractivity contribution in [3.05, 3.63) is 35.9 Å². The van der Waals surface area contributed by atoms with Crippen molar-refractivity contribution in [2.75, 3.05) is 13.1 Å². The summed E-state index contributed by atoms with van der Waals surface area (Å²) < 4.78 is 0. The van der Waals surface area contributed by atoms with Crippen LogP contribution in [0.1, 0.15) is 5.56 Å². The van der Waals surface area contributed by atoms with Crippen LogP contribution in [0.15, 0.2) is 30.3 Å². The van der Waals surface area contributed by atoms with Crippen LogP contribution in [0.3, 0.4) is 0 Å². The van der Waals surface area contributed by atoms with Gasteiger partial charge in [0, 0.05) is 13.1 Å². The van der Waals surface area contributed by atoms with E-state index in [1.807, 2.05) is 30.3 Å². The van der Waals surface area contributed by atoms with Gasteiger partial charge in [-0.25, -0.2) is 0 Å². The van der Waals surface area contributed by atoms with E-state index < -0.39 is 12.0 Å². The average Bonchev–Trinajstić information content (AvgIpc) is 2.37. The first kappa shape index (κ1) is 14.1. The summed E-state index contributed by atoms with van der Waals surface area (Å²) >= 11 is 0. The lowest BCUT2D eigenvalue weighted by Gasteiger charge is -2.09. The predicted octanol–water partition coefficient (Wildman–Crippen LogP) is -1.26. The lowest BCUT2D eigenvalue weighted by Crippen LogP contribution is -2.41. The number of benzene rings is 1. The van der Waals surface area contributed by atoms with Crippen molar-refractivity contribution in [3.63, 3.8) is 0 Å². The van der Waals surface area contributed by atoms with Crippen molar-refractivity contribution in [2.45, 2.75) is 12.6 Å². The average molecular weight is 251 g/mol. The van der Waals surface area contributed by atoms with Gasteiger partial charge in [0.25, 0.3) is 0 Å². The molecule has 0 aliphatic heterocycles. The number of rotatable bonds is 7. The lowest BCUT2D eigenvalue weighted by molar-refractivity contribution is -0.126. The number of carbonyl (C=O) groups is 2. The quantitative estimate of drug-likeness (QED) is 0.485. The minimum absolute atomic E-state index is 0.0250. The third-order valence-electron chi connectivity index (χ3n) is 2.28. The molecule has 0 fully saturated rings. The van der Waals surface area contributed by atoms with E-state index >= 15 is 0 Å². The standard InChI is InChI=1S/C12H17N3O3/c13-12(18)10(16)7-14-8-11(17)15-6-9-4-2-1-3-5-9/h1-5,10,14,16H,6-8H2,(H2,13,18)(H,15,17). The van der Waals surface area contributed by atoms with E-state index in [0.29, 0.717) is 6.54 Å². The third-order valence-corrected chi connectivity index (χ3v) is 2.28. The van der Waals surface area contributed by atoms with Crippen LogP contribution in [0.2, 0.25) is 0 Å². The van der Waals surface area contributed by atoms with Crippen LogP contribution in [0.25, 0.3) is 0 Å². The molecule has 0 aliphatic rings. The minimum atomic E-state index is -1.27. The van der Waals surface area contributed by atoms with Crippen LogP contribution >= 0.6 is 0 Å². The van der Waals surface area contributed by atoms with Gasteiger partial charge < -0.3 is 21.5 Å². The highest BCUT2D eigenvalue weighted by molar-refractivity contribution is 5.79. The summed E-state index contributed by atoms with van der Waals surface area (Å²) in [6.45, 7) is 0.436. The fourth-order valence-corrected chi connectivity index (χ4v) is 1.28. The molecule has 1 aromatic rings. The largest absolute Gasteiger partial charge is 0.382 e. The van der Waals surface area contributed by atoms with Gasteiger partial charge in [-0.3, -0.25) is 9.59 Å². The summed E-state index contributed by atoms with van der Waals surface area (Å²) in [7, 11) is 0. The number of aliphatic hydroxyl groups excluding tert-OH is 1. The first-order valence-electron chi connectivity index (χ1n) is 5.58. The molecular formula is C12H17N3O3. The molecule has 0 aromatic heterocycles. The Morgan fingerprint density at radius 3 is 2.56 bits per heavy atom. The highest BCUT2D eigenvalue weighted by Crippen LogP contribution is 1.96. The number of amides is 2. The highest BCUT2D eigenvalue weighted by Gasteiger charge is 2.10. The molecule has 6 heteroatoms. The van der Waals surface area contributed by atoms with Crippen molar-refractivity contribution in [1.29, 1.82) is 0 Å². The van der Waals surface area contributed by atoms with E-state index in [4.69, 9.17) is 10.8 Å². The Bertz CT molecular complexity index is 395. The number of aliphatic hydroxyl groups is 1. The van der Waals surface area contributed by atoms with Gasteiger partial charge in [0.05, 0.1) is 6.54 Å².